The molecule has 3 nitrogen and oxygen atoms in total. The van der Waals surface area contributed by atoms with Gasteiger partial charge in [-0.15, -0.1) is 0 Å². The molecule has 1 aromatic carbocycles. The number of nitrogens with zero attached hydrogens (tertiary/aromatic N) is 1. The minimum atomic E-state index is -0.205. The third-order valence-corrected chi connectivity index (χ3v) is 3.33. The Morgan fingerprint density at radius 3 is 2.71 bits per heavy atom. The van der Waals surface area contributed by atoms with Gasteiger partial charge in [0, 0.05) is 19.3 Å². The molecule has 0 radical (unpaired) electrons. The lowest BCUT2D eigenvalue weighted by Crippen LogP contribution is -2.18. The highest BCUT2D eigenvalue weighted by molar-refractivity contribution is 5.48. The van der Waals surface area contributed by atoms with Crippen LogP contribution in [0.15, 0.2) is 34.7 Å². The van der Waals surface area contributed by atoms with Crippen LogP contribution in [0.4, 0.5) is 10.1 Å². The summed E-state index contributed by atoms with van der Waals surface area (Å²) in [6.45, 7) is 6.28. The number of hydrogen-bond acceptors (Lipinski definition) is 3. The van der Waals surface area contributed by atoms with Crippen LogP contribution in [0.3, 0.4) is 0 Å². The van der Waals surface area contributed by atoms with Crippen LogP contribution in [-0.4, -0.2) is 13.6 Å². The summed E-state index contributed by atoms with van der Waals surface area (Å²) in [5.74, 6) is 1.57. The van der Waals surface area contributed by atoms with E-state index < -0.39 is 0 Å². The van der Waals surface area contributed by atoms with Crippen molar-refractivity contribution in [1.29, 1.82) is 0 Å². The lowest BCUT2D eigenvalue weighted by molar-refractivity contribution is 0.481. The van der Waals surface area contributed by atoms with Gasteiger partial charge in [0.2, 0.25) is 0 Å². The molecule has 0 aliphatic rings. The van der Waals surface area contributed by atoms with Crippen LogP contribution in [-0.2, 0) is 13.1 Å². The van der Waals surface area contributed by atoms with Crippen LogP contribution in [0, 0.1) is 12.7 Å². The van der Waals surface area contributed by atoms with Crippen LogP contribution < -0.4 is 10.2 Å². The van der Waals surface area contributed by atoms with Gasteiger partial charge in [-0.3, -0.25) is 0 Å². The summed E-state index contributed by atoms with van der Waals surface area (Å²) in [5, 5.41) is 3.29. The maximum atomic E-state index is 13.8. The molecule has 0 aliphatic carbocycles. The highest BCUT2D eigenvalue weighted by atomic mass is 19.1. The Kier molecular flexibility index (Phi) is 5.39. The number of hydrogen-bond donors (Lipinski definition) is 1. The van der Waals surface area contributed by atoms with Gasteiger partial charge in [-0.05, 0) is 55.8 Å². The molecule has 0 unspecified atom stereocenters. The third kappa shape index (κ3) is 4.60. The monoisotopic (exact) mass is 290 g/mol. The van der Waals surface area contributed by atoms with Crippen molar-refractivity contribution < 1.29 is 8.81 Å². The quantitative estimate of drug-likeness (QED) is 0.785. The van der Waals surface area contributed by atoms with E-state index in [-0.39, 0.29) is 5.82 Å². The van der Waals surface area contributed by atoms with E-state index in [0.29, 0.717) is 13.1 Å². The smallest absolute Gasteiger partial charge is 0.125 e. The summed E-state index contributed by atoms with van der Waals surface area (Å²) in [6.07, 6.45) is 1.07. The predicted octanol–water partition coefficient (Wildman–Crippen LogP) is 3.86. The Morgan fingerprint density at radius 1 is 1.24 bits per heavy atom. The van der Waals surface area contributed by atoms with Crippen molar-refractivity contribution in [1.82, 2.24) is 5.32 Å². The lowest BCUT2D eigenvalue weighted by atomic mass is 10.1. The van der Waals surface area contributed by atoms with Gasteiger partial charge in [-0.1, -0.05) is 6.92 Å². The van der Waals surface area contributed by atoms with E-state index in [1.54, 1.807) is 12.1 Å². The van der Waals surface area contributed by atoms with Gasteiger partial charge >= 0.3 is 0 Å². The van der Waals surface area contributed by atoms with E-state index in [4.69, 9.17) is 4.42 Å². The molecule has 0 spiro atoms. The second-order valence-corrected chi connectivity index (χ2v) is 5.36. The molecule has 0 fully saturated rings. The molecular weight excluding hydrogens is 267 g/mol. The zero-order valence-corrected chi connectivity index (χ0v) is 12.9. The van der Waals surface area contributed by atoms with Gasteiger partial charge in [-0.2, -0.15) is 0 Å². The predicted molar refractivity (Wildman–Crippen MR) is 83.9 cm³/mol. The molecule has 2 aromatic rings. The second kappa shape index (κ2) is 7.27. The number of benzene rings is 1. The molecule has 2 rings (SSSR count). The first-order valence-electron chi connectivity index (χ1n) is 7.35. The summed E-state index contributed by atoms with van der Waals surface area (Å²) < 4.78 is 19.3. The topological polar surface area (TPSA) is 28.4 Å². The number of halogens is 1. The SMILES string of the molecule is CCCNCc1cc(F)cc(N(C)Cc2ccc(C)o2)c1. The van der Waals surface area contributed by atoms with Crippen LogP contribution in [0.1, 0.15) is 30.4 Å². The molecular formula is C17H23FN2O. The first-order chi connectivity index (χ1) is 10.1. The molecule has 0 saturated heterocycles. The van der Waals surface area contributed by atoms with Crippen LogP contribution >= 0.6 is 0 Å². The highest BCUT2D eigenvalue weighted by Crippen LogP contribution is 2.20. The fourth-order valence-electron chi connectivity index (χ4n) is 2.26. The van der Waals surface area contributed by atoms with Crippen molar-refractivity contribution in [3.63, 3.8) is 0 Å². The van der Waals surface area contributed by atoms with Crippen molar-refractivity contribution in [3.05, 3.63) is 53.2 Å². The average molecular weight is 290 g/mol. The Bertz CT molecular complexity index is 580. The maximum absolute atomic E-state index is 13.8. The maximum Gasteiger partial charge on any atom is 0.125 e. The average Bonchev–Trinajstić information content (AvgIpc) is 2.84. The van der Waals surface area contributed by atoms with Gasteiger partial charge in [-0.25, -0.2) is 4.39 Å². The first kappa shape index (κ1) is 15.6. The van der Waals surface area contributed by atoms with E-state index in [2.05, 4.69) is 12.2 Å². The fraction of sp³-hybridized carbons (Fsp3) is 0.412. The normalized spacial score (nSPS) is 10.9. The second-order valence-electron chi connectivity index (χ2n) is 5.36. The molecule has 0 atom stereocenters. The molecule has 0 saturated carbocycles. The van der Waals surface area contributed by atoms with Crippen molar-refractivity contribution >= 4 is 5.69 Å². The number of furan rings is 1. The summed E-state index contributed by atoms with van der Waals surface area (Å²) in [4.78, 5) is 1.99. The summed E-state index contributed by atoms with van der Waals surface area (Å²) in [7, 11) is 1.94. The minimum Gasteiger partial charge on any atom is -0.464 e. The molecule has 21 heavy (non-hydrogen) atoms. The fourth-order valence-corrected chi connectivity index (χ4v) is 2.26. The molecule has 0 aliphatic heterocycles. The van der Waals surface area contributed by atoms with Crippen LogP contribution in [0.2, 0.25) is 0 Å². The minimum absolute atomic E-state index is 0.205. The molecule has 0 bridgehead atoms. The molecule has 114 valence electrons. The number of aryl methyl sites for hydroxylation is 1. The molecule has 0 amide bonds. The van der Waals surface area contributed by atoms with Gasteiger partial charge < -0.3 is 14.6 Å². The first-order valence-corrected chi connectivity index (χ1v) is 7.35. The lowest BCUT2D eigenvalue weighted by Gasteiger charge is -2.19. The standard InChI is InChI=1S/C17H23FN2O/c1-4-7-19-11-14-8-15(18)10-16(9-14)20(3)12-17-6-5-13(2)21-17/h5-6,8-10,19H,4,7,11-12H2,1-3H3. The van der Waals surface area contributed by atoms with E-state index >= 15 is 0 Å². The molecule has 1 heterocycles. The van der Waals surface area contributed by atoms with Crippen LogP contribution in [0.5, 0.6) is 0 Å². The molecule has 1 N–H and O–H groups in total. The Hall–Kier alpha value is -1.81. The van der Waals surface area contributed by atoms with E-state index in [1.807, 2.05) is 37.1 Å². The molecule has 4 heteroatoms. The number of rotatable bonds is 7. The summed E-state index contributed by atoms with van der Waals surface area (Å²) in [5.41, 5.74) is 1.82. The third-order valence-electron chi connectivity index (χ3n) is 3.33. The summed E-state index contributed by atoms with van der Waals surface area (Å²) in [6, 6.07) is 9.04. The zero-order chi connectivity index (χ0) is 15.2. The van der Waals surface area contributed by atoms with Gasteiger partial charge in [0.25, 0.3) is 0 Å². The molecule has 1 aromatic heterocycles. The largest absolute Gasteiger partial charge is 0.464 e. The number of nitrogens with one attached hydrogen (secondary N) is 1. The summed E-state index contributed by atoms with van der Waals surface area (Å²) >= 11 is 0. The van der Waals surface area contributed by atoms with Crippen molar-refractivity contribution in [2.75, 3.05) is 18.5 Å². The highest BCUT2D eigenvalue weighted by Gasteiger charge is 2.08. The number of anilines is 1. The van der Waals surface area contributed by atoms with Crippen molar-refractivity contribution in [3.8, 4) is 0 Å². The Balaban J connectivity index is 2.07. The van der Waals surface area contributed by atoms with Gasteiger partial charge in [0.15, 0.2) is 0 Å². The van der Waals surface area contributed by atoms with Crippen molar-refractivity contribution in [2.45, 2.75) is 33.4 Å². The van der Waals surface area contributed by atoms with E-state index in [9.17, 15) is 4.39 Å². The van der Waals surface area contributed by atoms with Crippen molar-refractivity contribution in [2.24, 2.45) is 0 Å². The van der Waals surface area contributed by atoms with E-state index in [0.717, 1.165) is 35.7 Å². The Labute approximate surface area is 125 Å². The Morgan fingerprint density at radius 2 is 2.05 bits per heavy atom. The zero-order valence-electron chi connectivity index (χ0n) is 12.9. The van der Waals surface area contributed by atoms with Crippen LogP contribution in [0.25, 0.3) is 0 Å². The van der Waals surface area contributed by atoms with E-state index in [1.165, 1.54) is 0 Å². The van der Waals surface area contributed by atoms with Gasteiger partial charge in [0.1, 0.15) is 17.3 Å². The van der Waals surface area contributed by atoms with Gasteiger partial charge in [0.05, 0.1) is 6.54 Å².